The molecule has 0 atom stereocenters. The Balaban J connectivity index is 2.34. The van der Waals surface area contributed by atoms with Gasteiger partial charge in [-0.2, -0.15) is 0 Å². The first kappa shape index (κ1) is 12.7. The van der Waals surface area contributed by atoms with Crippen LogP contribution in [0.15, 0.2) is 48.5 Å². The van der Waals surface area contributed by atoms with Crippen LogP contribution in [-0.4, -0.2) is 5.11 Å². The van der Waals surface area contributed by atoms with Crippen molar-refractivity contribution >= 4 is 0 Å². The van der Waals surface area contributed by atoms with Crippen LogP contribution in [0.2, 0.25) is 0 Å². The average molecular weight is 243 g/mol. The molecule has 2 N–H and O–H groups in total. The monoisotopic (exact) mass is 243 g/mol. The second-order valence-electron chi connectivity index (χ2n) is 4.58. The topological polar surface area (TPSA) is 32.1 Å². The van der Waals surface area contributed by atoms with Crippen molar-refractivity contribution in [2.75, 3.05) is 0 Å². The van der Waals surface area contributed by atoms with Crippen molar-refractivity contribution in [3.8, 4) is 11.5 Å². The molecular formula is C16H19O2+. The first-order valence-electron chi connectivity index (χ1n) is 6.21. The summed E-state index contributed by atoms with van der Waals surface area (Å²) in [6, 6.07) is 15.8. The lowest BCUT2D eigenvalue weighted by molar-refractivity contribution is 0.276. The molecule has 0 saturated heterocycles. The molecule has 2 aromatic carbocycles. The maximum absolute atomic E-state index is 7.51. The van der Waals surface area contributed by atoms with E-state index in [1.54, 1.807) is 0 Å². The van der Waals surface area contributed by atoms with Crippen molar-refractivity contribution in [1.29, 1.82) is 0 Å². The molecule has 2 nitrogen and oxygen atoms in total. The van der Waals surface area contributed by atoms with Gasteiger partial charge in [-0.3, -0.25) is 0 Å². The number of hydrogen-bond donors (Lipinski definition) is 0. The summed E-state index contributed by atoms with van der Waals surface area (Å²) in [7, 11) is 0. The lowest BCUT2D eigenvalue weighted by Gasteiger charge is -2.14. The number of para-hydroxylation sites is 2. The molecule has 0 radical (unpaired) electrons. The summed E-state index contributed by atoms with van der Waals surface area (Å²) < 4.78 is 5.97. The highest BCUT2D eigenvalue weighted by atomic mass is 16.5. The predicted molar refractivity (Wildman–Crippen MR) is 74.4 cm³/mol. The van der Waals surface area contributed by atoms with Crippen molar-refractivity contribution in [1.82, 2.24) is 0 Å². The third-order valence-electron chi connectivity index (χ3n) is 2.92. The minimum Gasteiger partial charge on any atom is -0.456 e. The molecule has 0 unspecified atom stereocenters. The van der Waals surface area contributed by atoms with E-state index in [4.69, 9.17) is 9.84 Å². The van der Waals surface area contributed by atoms with Gasteiger partial charge >= 0.3 is 0 Å². The van der Waals surface area contributed by atoms with Crippen LogP contribution in [0.3, 0.4) is 0 Å². The Hall–Kier alpha value is -1.80. The fourth-order valence-corrected chi connectivity index (χ4v) is 1.92. The molecule has 0 spiro atoms. The van der Waals surface area contributed by atoms with Gasteiger partial charge in [0.25, 0.3) is 0 Å². The molecular weight excluding hydrogens is 224 g/mol. The molecule has 18 heavy (non-hydrogen) atoms. The second-order valence-corrected chi connectivity index (χ2v) is 4.58. The van der Waals surface area contributed by atoms with Gasteiger partial charge < -0.3 is 9.84 Å². The third-order valence-corrected chi connectivity index (χ3v) is 2.92. The lowest BCUT2D eigenvalue weighted by atomic mass is 10.0. The normalized spacial score (nSPS) is 10.7. The Morgan fingerprint density at radius 1 is 0.944 bits per heavy atom. The van der Waals surface area contributed by atoms with E-state index in [2.05, 4.69) is 19.9 Å². The Labute approximate surface area is 108 Å². The van der Waals surface area contributed by atoms with Gasteiger partial charge in [0, 0.05) is 0 Å². The molecule has 0 fully saturated rings. The molecule has 0 saturated carbocycles. The molecule has 0 aliphatic heterocycles. The van der Waals surface area contributed by atoms with Crippen LogP contribution in [0.5, 0.6) is 11.5 Å². The van der Waals surface area contributed by atoms with Crippen molar-refractivity contribution in [3.63, 3.8) is 0 Å². The summed E-state index contributed by atoms with van der Waals surface area (Å²) in [6.45, 7) is 4.54. The van der Waals surface area contributed by atoms with Crippen LogP contribution in [-0.2, 0) is 6.61 Å². The quantitative estimate of drug-likeness (QED) is 0.751. The highest BCUT2D eigenvalue weighted by Gasteiger charge is 2.10. The predicted octanol–water partition coefficient (Wildman–Crippen LogP) is 3.83. The minimum atomic E-state index is 0.236. The van der Waals surface area contributed by atoms with Crippen molar-refractivity contribution in [2.24, 2.45) is 0 Å². The van der Waals surface area contributed by atoms with Gasteiger partial charge in [-0.15, -0.1) is 0 Å². The van der Waals surface area contributed by atoms with Crippen LogP contribution in [0.1, 0.15) is 30.9 Å². The molecule has 0 heterocycles. The molecule has 2 rings (SSSR count). The Kier molecular flexibility index (Phi) is 4.00. The van der Waals surface area contributed by atoms with Crippen LogP contribution in [0.25, 0.3) is 0 Å². The lowest BCUT2D eigenvalue weighted by Crippen LogP contribution is -1.96. The molecule has 0 aliphatic rings. The number of rotatable bonds is 4. The van der Waals surface area contributed by atoms with E-state index < -0.39 is 0 Å². The van der Waals surface area contributed by atoms with Crippen LogP contribution < -0.4 is 4.74 Å². The minimum absolute atomic E-state index is 0.236. The first-order chi connectivity index (χ1) is 8.72. The molecule has 2 aromatic rings. The second kappa shape index (κ2) is 5.69. The van der Waals surface area contributed by atoms with E-state index in [1.165, 1.54) is 5.56 Å². The van der Waals surface area contributed by atoms with Crippen LogP contribution in [0, 0.1) is 0 Å². The highest BCUT2D eigenvalue weighted by molar-refractivity contribution is 5.42. The van der Waals surface area contributed by atoms with E-state index in [0.29, 0.717) is 5.92 Å². The SMILES string of the molecule is CC(C)c1ccccc1Oc1ccccc1C[OH2+]. The largest absolute Gasteiger partial charge is 0.456 e. The van der Waals surface area contributed by atoms with Gasteiger partial charge in [-0.25, -0.2) is 0 Å². The summed E-state index contributed by atoms with van der Waals surface area (Å²) in [4.78, 5) is 0. The van der Waals surface area contributed by atoms with Gasteiger partial charge in [0.1, 0.15) is 11.5 Å². The zero-order chi connectivity index (χ0) is 13.0. The van der Waals surface area contributed by atoms with Gasteiger partial charge in [0.05, 0.1) is 5.56 Å². The van der Waals surface area contributed by atoms with E-state index in [1.807, 2.05) is 42.5 Å². The van der Waals surface area contributed by atoms with Crippen molar-refractivity contribution < 1.29 is 9.84 Å². The zero-order valence-corrected chi connectivity index (χ0v) is 10.8. The van der Waals surface area contributed by atoms with E-state index >= 15 is 0 Å². The molecule has 0 amide bonds. The summed E-state index contributed by atoms with van der Waals surface area (Å²) in [5.74, 6) is 2.08. The average Bonchev–Trinajstić information content (AvgIpc) is 2.40. The summed E-state index contributed by atoms with van der Waals surface area (Å²) in [5.41, 5.74) is 2.10. The Bertz CT molecular complexity index is 518. The maximum atomic E-state index is 7.51. The van der Waals surface area contributed by atoms with E-state index in [0.717, 1.165) is 17.1 Å². The van der Waals surface area contributed by atoms with Crippen molar-refractivity contribution in [3.05, 3.63) is 59.7 Å². The maximum Gasteiger partial charge on any atom is 0.173 e. The van der Waals surface area contributed by atoms with Gasteiger partial charge in [-0.1, -0.05) is 44.2 Å². The number of benzene rings is 2. The Morgan fingerprint density at radius 3 is 2.22 bits per heavy atom. The summed E-state index contributed by atoms with van der Waals surface area (Å²) in [5, 5.41) is 7.51. The zero-order valence-electron chi connectivity index (χ0n) is 10.8. The molecule has 94 valence electrons. The smallest absolute Gasteiger partial charge is 0.173 e. The molecule has 0 aliphatic carbocycles. The Morgan fingerprint density at radius 2 is 1.56 bits per heavy atom. The number of ether oxygens (including phenoxy) is 1. The third kappa shape index (κ3) is 2.71. The fraction of sp³-hybridized carbons (Fsp3) is 0.250. The highest BCUT2D eigenvalue weighted by Crippen LogP contribution is 2.31. The van der Waals surface area contributed by atoms with Gasteiger partial charge in [0.2, 0.25) is 0 Å². The summed E-state index contributed by atoms with van der Waals surface area (Å²) >= 11 is 0. The fourth-order valence-electron chi connectivity index (χ4n) is 1.92. The van der Waals surface area contributed by atoms with E-state index in [-0.39, 0.29) is 6.61 Å². The van der Waals surface area contributed by atoms with Gasteiger partial charge in [0.15, 0.2) is 6.61 Å². The molecule has 0 aromatic heterocycles. The van der Waals surface area contributed by atoms with Crippen LogP contribution in [0.4, 0.5) is 0 Å². The number of hydrogen-bond acceptors (Lipinski definition) is 1. The van der Waals surface area contributed by atoms with Crippen molar-refractivity contribution in [2.45, 2.75) is 26.4 Å². The molecule has 0 bridgehead atoms. The standard InChI is InChI=1S/C16H18O2/c1-12(2)14-8-4-6-10-16(14)18-15-9-5-3-7-13(15)11-17/h3-10,12,17H,11H2,1-2H3/p+1. The van der Waals surface area contributed by atoms with Crippen LogP contribution >= 0.6 is 0 Å². The van der Waals surface area contributed by atoms with E-state index in [9.17, 15) is 0 Å². The van der Waals surface area contributed by atoms with Gasteiger partial charge in [-0.05, 0) is 29.7 Å². The summed E-state index contributed by atoms with van der Waals surface area (Å²) in [6.07, 6.45) is 0. The molecule has 2 heteroatoms. The first-order valence-corrected chi connectivity index (χ1v) is 6.21.